The van der Waals surface area contributed by atoms with Gasteiger partial charge in [0.05, 0.1) is 6.42 Å². The third-order valence-corrected chi connectivity index (χ3v) is 4.60. The summed E-state index contributed by atoms with van der Waals surface area (Å²) in [4.78, 5) is 14.3. The summed E-state index contributed by atoms with van der Waals surface area (Å²) in [6.45, 7) is 2.59. The molecule has 0 radical (unpaired) electrons. The lowest BCUT2D eigenvalue weighted by Crippen LogP contribution is -2.32. The van der Waals surface area contributed by atoms with Gasteiger partial charge in [-0.3, -0.25) is 4.79 Å². The van der Waals surface area contributed by atoms with Crippen molar-refractivity contribution in [1.29, 1.82) is 0 Å². The molecule has 1 heterocycles. The molecule has 1 atom stereocenters. The van der Waals surface area contributed by atoms with Gasteiger partial charge in [-0.2, -0.15) is 0 Å². The van der Waals surface area contributed by atoms with Crippen molar-refractivity contribution < 1.29 is 9.18 Å². The number of anilines is 1. The van der Waals surface area contributed by atoms with Crippen LogP contribution in [0.5, 0.6) is 0 Å². The predicted octanol–water partition coefficient (Wildman–Crippen LogP) is 3.66. The second-order valence-corrected chi connectivity index (χ2v) is 6.62. The largest absolute Gasteiger partial charge is 0.371 e. The van der Waals surface area contributed by atoms with Crippen molar-refractivity contribution in [3.05, 3.63) is 64.9 Å². The topological polar surface area (TPSA) is 32.3 Å². The molecule has 0 aliphatic carbocycles. The highest BCUT2D eigenvalue weighted by Gasteiger charge is 2.23. The summed E-state index contributed by atoms with van der Waals surface area (Å²) >= 11 is 5.92. The number of halogens is 2. The van der Waals surface area contributed by atoms with Crippen molar-refractivity contribution >= 4 is 23.2 Å². The van der Waals surface area contributed by atoms with E-state index in [9.17, 15) is 9.18 Å². The normalized spacial score (nSPS) is 17.1. The second-order valence-electron chi connectivity index (χ2n) is 6.18. The van der Waals surface area contributed by atoms with Crippen LogP contribution in [0, 0.1) is 11.7 Å². The number of nitrogens with zero attached hydrogens (tertiary/aromatic N) is 1. The molecule has 2 aromatic rings. The average molecular weight is 347 g/mol. The molecule has 3 nitrogen and oxygen atoms in total. The quantitative estimate of drug-likeness (QED) is 0.896. The molecule has 1 aliphatic heterocycles. The Balaban J connectivity index is 1.44. The summed E-state index contributed by atoms with van der Waals surface area (Å²) in [7, 11) is 0. The Hall–Kier alpha value is -2.07. The number of carbonyl (C=O) groups excluding carboxylic acids is 1. The third-order valence-electron chi connectivity index (χ3n) is 4.34. The number of nitrogens with one attached hydrogen (secondary N) is 1. The van der Waals surface area contributed by atoms with Gasteiger partial charge in [0, 0.05) is 30.3 Å². The summed E-state index contributed by atoms with van der Waals surface area (Å²) in [6.07, 6.45) is 1.34. The summed E-state index contributed by atoms with van der Waals surface area (Å²) < 4.78 is 12.9. The van der Waals surface area contributed by atoms with Crippen LogP contribution in [0.25, 0.3) is 0 Å². The summed E-state index contributed by atoms with van der Waals surface area (Å²) in [5, 5.41) is 3.73. The van der Waals surface area contributed by atoms with Gasteiger partial charge in [-0.25, -0.2) is 4.39 Å². The predicted molar refractivity (Wildman–Crippen MR) is 94.9 cm³/mol. The molecule has 1 unspecified atom stereocenters. The fourth-order valence-corrected chi connectivity index (χ4v) is 3.12. The minimum absolute atomic E-state index is 0.0217. The molecule has 24 heavy (non-hydrogen) atoms. The Labute approximate surface area is 146 Å². The molecule has 1 N–H and O–H groups in total. The number of rotatable bonds is 5. The van der Waals surface area contributed by atoms with Crippen molar-refractivity contribution in [2.75, 3.05) is 24.5 Å². The van der Waals surface area contributed by atoms with Crippen molar-refractivity contribution in [3.8, 4) is 0 Å². The first kappa shape index (κ1) is 16.8. The van der Waals surface area contributed by atoms with E-state index in [0.29, 0.717) is 12.5 Å². The monoisotopic (exact) mass is 346 g/mol. The average Bonchev–Trinajstić information content (AvgIpc) is 3.05. The summed E-state index contributed by atoms with van der Waals surface area (Å²) in [6, 6.07) is 13.9. The molecular formula is C19H20ClFN2O. The fraction of sp³-hybridized carbons (Fsp3) is 0.316. The maximum absolute atomic E-state index is 12.9. The molecule has 1 saturated heterocycles. The lowest BCUT2D eigenvalue weighted by atomic mass is 10.1. The third kappa shape index (κ3) is 4.48. The van der Waals surface area contributed by atoms with Crippen LogP contribution in [0.1, 0.15) is 12.0 Å². The smallest absolute Gasteiger partial charge is 0.224 e. The van der Waals surface area contributed by atoms with Gasteiger partial charge in [-0.15, -0.1) is 0 Å². The van der Waals surface area contributed by atoms with Gasteiger partial charge in [0.25, 0.3) is 0 Å². The SMILES string of the molecule is O=C(Cc1ccc(F)cc1)NCC1CCN(c2ccc(Cl)cc2)C1. The van der Waals surface area contributed by atoms with Crippen LogP contribution >= 0.6 is 11.6 Å². The molecule has 1 fully saturated rings. The molecule has 1 aliphatic rings. The number of benzene rings is 2. The van der Waals surface area contributed by atoms with Crippen LogP contribution in [0.15, 0.2) is 48.5 Å². The molecule has 2 aromatic carbocycles. The molecule has 0 bridgehead atoms. The first-order valence-corrected chi connectivity index (χ1v) is 8.49. The molecule has 1 amide bonds. The maximum atomic E-state index is 12.9. The van der Waals surface area contributed by atoms with E-state index in [2.05, 4.69) is 10.2 Å². The number of hydrogen-bond donors (Lipinski definition) is 1. The van der Waals surface area contributed by atoms with Crippen molar-refractivity contribution in [2.45, 2.75) is 12.8 Å². The molecule has 126 valence electrons. The molecule has 0 aromatic heterocycles. The highest BCUT2D eigenvalue weighted by Crippen LogP contribution is 2.24. The Morgan fingerprint density at radius 2 is 1.88 bits per heavy atom. The zero-order valence-corrected chi connectivity index (χ0v) is 14.1. The fourth-order valence-electron chi connectivity index (χ4n) is 2.99. The van der Waals surface area contributed by atoms with Crippen LogP contribution < -0.4 is 10.2 Å². The van der Waals surface area contributed by atoms with E-state index in [1.165, 1.54) is 17.8 Å². The summed E-state index contributed by atoms with van der Waals surface area (Å²) in [5.41, 5.74) is 1.99. The van der Waals surface area contributed by atoms with Gasteiger partial charge >= 0.3 is 0 Å². The van der Waals surface area contributed by atoms with E-state index in [1.54, 1.807) is 12.1 Å². The van der Waals surface area contributed by atoms with Gasteiger partial charge in [-0.05, 0) is 54.3 Å². The molecule has 0 saturated carbocycles. The zero-order chi connectivity index (χ0) is 16.9. The van der Waals surface area contributed by atoms with Crippen LogP contribution in [0.2, 0.25) is 5.02 Å². The van der Waals surface area contributed by atoms with Crippen molar-refractivity contribution in [2.24, 2.45) is 5.92 Å². The Morgan fingerprint density at radius 3 is 2.58 bits per heavy atom. The molecule has 0 spiro atoms. The van der Waals surface area contributed by atoms with Crippen molar-refractivity contribution in [1.82, 2.24) is 5.32 Å². The lowest BCUT2D eigenvalue weighted by Gasteiger charge is -2.19. The van der Waals surface area contributed by atoms with Crippen LogP contribution in [0.3, 0.4) is 0 Å². The van der Waals surface area contributed by atoms with Crippen molar-refractivity contribution in [3.63, 3.8) is 0 Å². The lowest BCUT2D eigenvalue weighted by molar-refractivity contribution is -0.120. The highest BCUT2D eigenvalue weighted by molar-refractivity contribution is 6.30. The summed E-state index contributed by atoms with van der Waals surface area (Å²) in [5.74, 6) is 0.136. The zero-order valence-electron chi connectivity index (χ0n) is 13.3. The van der Waals surface area contributed by atoms with Gasteiger partial charge in [0.1, 0.15) is 5.82 Å². The van der Waals surface area contributed by atoms with Gasteiger partial charge in [0.2, 0.25) is 5.91 Å². The number of hydrogen-bond acceptors (Lipinski definition) is 2. The molecule has 3 rings (SSSR count). The van der Waals surface area contributed by atoms with Gasteiger partial charge in [0.15, 0.2) is 0 Å². The minimum Gasteiger partial charge on any atom is -0.371 e. The van der Waals surface area contributed by atoms with E-state index < -0.39 is 0 Å². The number of amides is 1. The standard InChI is InChI=1S/C19H20ClFN2O/c20-16-3-7-18(8-4-16)23-10-9-15(13-23)12-22-19(24)11-14-1-5-17(21)6-2-14/h1-8,15H,9-13H2,(H,22,24). The first-order chi connectivity index (χ1) is 11.6. The van der Waals surface area contributed by atoms with Crippen LogP contribution in [-0.2, 0) is 11.2 Å². The first-order valence-electron chi connectivity index (χ1n) is 8.12. The van der Waals surface area contributed by atoms with Gasteiger partial charge < -0.3 is 10.2 Å². The Bertz CT molecular complexity index is 688. The minimum atomic E-state index is -0.285. The Morgan fingerprint density at radius 1 is 1.17 bits per heavy atom. The maximum Gasteiger partial charge on any atom is 0.224 e. The molecular weight excluding hydrogens is 327 g/mol. The van der Waals surface area contributed by atoms with Crippen LogP contribution in [0.4, 0.5) is 10.1 Å². The highest BCUT2D eigenvalue weighted by atomic mass is 35.5. The second kappa shape index (κ2) is 7.67. The Kier molecular flexibility index (Phi) is 5.36. The van der Waals surface area contributed by atoms with E-state index in [4.69, 9.17) is 11.6 Å². The number of carbonyl (C=O) groups is 1. The van der Waals surface area contributed by atoms with Crippen LogP contribution in [-0.4, -0.2) is 25.5 Å². The van der Waals surface area contributed by atoms with E-state index in [1.807, 2.05) is 24.3 Å². The van der Waals surface area contributed by atoms with E-state index in [0.717, 1.165) is 30.1 Å². The van der Waals surface area contributed by atoms with E-state index >= 15 is 0 Å². The molecule has 5 heteroatoms. The van der Waals surface area contributed by atoms with Gasteiger partial charge in [-0.1, -0.05) is 23.7 Å². The van der Waals surface area contributed by atoms with E-state index in [-0.39, 0.29) is 18.1 Å².